The average molecular weight is 214 g/mol. The van der Waals surface area contributed by atoms with Crippen molar-refractivity contribution < 1.29 is 14.7 Å². The molecule has 0 saturated carbocycles. The predicted octanol–water partition coefficient (Wildman–Crippen LogP) is 0.334. The van der Waals surface area contributed by atoms with Crippen LogP contribution in [0.2, 0.25) is 0 Å². The van der Waals surface area contributed by atoms with Crippen LogP contribution >= 0.6 is 0 Å². The molecule has 15 heavy (non-hydrogen) atoms. The Hall–Kier alpha value is -1.10. The number of hydrogen-bond acceptors (Lipinski definition) is 3. The minimum atomic E-state index is -0.615. The molecule has 0 aromatic rings. The molecule has 1 aliphatic heterocycles. The van der Waals surface area contributed by atoms with Crippen LogP contribution in [0.1, 0.15) is 27.2 Å². The first-order valence-electron chi connectivity index (χ1n) is 5.21. The fraction of sp³-hybridized carbons (Fsp3) is 0.800. The van der Waals surface area contributed by atoms with Gasteiger partial charge < -0.3 is 10.0 Å². The summed E-state index contributed by atoms with van der Waals surface area (Å²) in [5.74, 6) is 0.0810. The van der Waals surface area contributed by atoms with Crippen molar-refractivity contribution in [3.8, 4) is 0 Å². The molecule has 2 atom stereocenters. The van der Waals surface area contributed by atoms with Gasteiger partial charge in [-0.25, -0.2) is 4.79 Å². The Morgan fingerprint density at radius 2 is 2.00 bits per heavy atom. The molecule has 0 aromatic carbocycles. The second kappa shape index (κ2) is 4.61. The normalized spacial score (nSPS) is 23.5. The lowest BCUT2D eigenvalue weighted by atomic mass is 10.0. The number of nitrogens with one attached hydrogen (secondary N) is 1. The minimum Gasteiger partial charge on any atom is -0.392 e. The number of carbonyl (C=O) groups excluding carboxylic acids is 2. The van der Waals surface area contributed by atoms with E-state index in [1.54, 1.807) is 6.92 Å². The summed E-state index contributed by atoms with van der Waals surface area (Å²) in [7, 11) is 0. The number of urea groups is 1. The van der Waals surface area contributed by atoms with E-state index >= 15 is 0 Å². The largest absolute Gasteiger partial charge is 0.392 e. The maximum Gasteiger partial charge on any atom is 0.324 e. The van der Waals surface area contributed by atoms with Gasteiger partial charge >= 0.3 is 6.03 Å². The Morgan fingerprint density at radius 1 is 1.40 bits per heavy atom. The molecule has 2 N–H and O–H groups in total. The standard InChI is InChI=1S/C10H18N2O3/c1-6(2)4-8-9(14)11-10(15)12(8)5-7(3)13/h6-8,13H,4-5H2,1-3H3,(H,11,14,15). The molecule has 1 saturated heterocycles. The molecule has 0 radical (unpaired) electrons. The maximum absolute atomic E-state index is 11.5. The van der Waals surface area contributed by atoms with Crippen LogP contribution in [0.15, 0.2) is 0 Å². The molecule has 5 heteroatoms. The third-order valence-electron chi connectivity index (χ3n) is 2.33. The van der Waals surface area contributed by atoms with Gasteiger partial charge in [0.25, 0.3) is 5.91 Å². The van der Waals surface area contributed by atoms with Crippen molar-refractivity contribution in [2.24, 2.45) is 5.92 Å². The van der Waals surface area contributed by atoms with Gasteiger partial charge in [-0.05, 0) is 19.3 Å². The zero-order chi connectivity index (χ0) is 11.6. The van der Waals surface area contributed by atoms with Gasteiger partial charge in [-0.2, -0.15) is 0 Å². The molecule has 3 amide bonds. The summed E-state index contributed by atoms with van der Waals surface area (Å²) in [4.78, 5) is 24.3. The zero-order valence-corrected chi connectivity index (χ0v) is 9.36. The zero-order valence-electron chi connectivity index (χ0n) is 9.36. The Balaban J connectivity index is 2.71. The summed E-state index contributed by atoms with van der Waals surface area (Å²) >= 11 is 0. The van der Waals surface area contributed by atoms with Crippen molar-refractivity contribution in [3.05, 3.63) is 0 Å². The van der Waals surface area contributed by atoms with Crippen LogP contribution in [0.5, 0.6) is 0 Å². The van der Waals surface area contributed by atoms with Gasteiger partial charge in [0.15, 0.2) is 0 Å². The third kappa shape index (κ3) is 2.92. The lowest BCUT2D eigenvalue weighted by Gasteiger charge is -2.24. The first-order valence-corrected chi connectivity index (χ1v) is 5.21. The van der Waals surface area contributed by atoms with E-state index in [-0.39, 0.29) is 12.5 Å². The second-order valence-corrected chi connectivity index (χ2v) is 4.44. The number of β-amino-alcohol motifs (C(OH)–C–C–N with tert-alkyl or cyclic N) is 1. The summed E-state index contributed by atoms with van der Waals surface area (Å²) in [6.45, 7) is 5.80. The Labute approximate surface area is 89.4 Å². The number of aliphatic hydroxyl groups excluding tert-OH is 1. The van der Waals surface area contributed by atoms with Gasteiger partial charge in [0.05, 0.1) is 6.10 Å². The summed E-state index contributed by atoms with van der Waals surface area (Å²) in [6, 6.07) is -0.821. The molecule has 0 aliphatic carbocycles. The molecule has 0 bridgehead atoms. The van der Waals surface area contributed by atoms with Crippen molar-refractivity contribution >= 4 is 11.9 Å². The van der Waals surface area contributed by atoms with E-state index in [1.165, 1.54) is 4.90 Å². The van der Waals surface area contributed by atoms with E-state index in [0.29, 0.717) is 12.3 Å². The lowest BCUT2D eigenvalue weighted by Crippen LogP contribution is -2.40. The molecule has 0 aromatic heterocycles. The number of rotatable bonds is 4. The first kappa shape index (κ1) is 12.0. The molecule has 1 fully saturated rings. The second-order valence-electron chi connectivity index (χ2n) is 4.44. The molecule has 1 rings (SSSR count). The minimum absolute atomic E-state index is 0.203. The van der Waals surface area contributed by atoms with Gasteiger partial charge in [0.2, 0.25) is 0 Å². The molecule has 1 heterocycles. The molecule has 86 valence electrons. The summed E-state index contributed by atoms with van der Waals surface area (Å²) in [5.41, 5.74) is 0. The summed E-state index contributed by atoms with van der Waals surface area (Å²) in [6.07, 6.45) is 0.0147. The fourth-order valence-corrected chi connectivity index (χ4v) is 1.72. The van der Waals surface area contributed by atoms with Gasteiger partial charge in [0.1, 0.15) is 6.04 Å². The van der Waals surface area contributed by atoms with Crippen LogP contribution in [-0.4, -0.2) is 40.6 Å². The molecular formula is C10H18N2O3. The Bertz CT molecular complexity index is 237. The molecule has 1 aliphatic rings. The third-order valence-corrected chi connectivity index (χ3v) is 2.33. The quantitative estimate of drug-likeness (QED) is 0.663. The first-order chi connectivity index (χ1) is 6.91. The average Bonchev–Trinajstić information content (AvgIpc) is 2.30. The van der Waals surface area contributed by atoms with E-state index in [9.17, 15) is 14.7 Å². The maximum atomic E-state index is 11.5. The highest BCUT2D eigenvalue weighted by Crippen LogP contribution is 2.17. The van der Waals surface area contributed by atoms with Crippen LogP contribution in [-0.2, 0) is 4.79 Å². The fourth-order valence-electron chi connectivity index (χ4n) is 1.72. The number of amides is 3. The molecule has 0 spiro atoms. The van der Waals surface area contributed by atoms with Crippen molar-refractivity contribution in [1.29, 1.82) is 0 Å². The highest BCUT2D eigenvalue weighted by Gasteiger charge is 2.38. The van der Waals surface area contributed by atoms with Crippen molar-refractivity contribution in [1.82, 2.24) is 10.2 Å². The van der Waals surface area contributed by atoms with E-state index in [4.69, 9.17) is 0 Å². The number of hydrogen-bond donors (Lipinski definition) is 2. The molecule has 2 unspecified atom stereocenters. The van der Waals surface area contributed by atoms with Crippen LogP contribution in [0.25, 0.3) is 0 Å². The van der Waals surface area contributed by atoms with Crippen molar-refractivity contribution in [2.75, 3.05) is 6.54 Å². The van der Waals surface area contributed by atoms with Crippen LogP contribution < -0.4 is 5.32 Å². The predicted molar refractivity (Wildman–Crippen MR) is 55.2 cm³/mol. The van der Waals surface area contributed by atoms with Crippen LogP contribution in [0.3, 0.4) is 0 Å². The van der Waals surface area contributed by atoms with E-state index < -0.39 is 18.2 Å². The van der Waals surface area contributed by atoms with Gasteiger partial charge in [0, 0.05) is 6.54 Å². The van der Waals surface area contributed by atoms with E-state index in [1.807, 2.05) is 13.8 Å². The van der Waals surface area contributed by atoms with Crippen LogP contribution in [0, 0.1) is 5.92 Å². The van der Waals surface area contributed by atoms with E-state index in [0.717, 1.165) is 0 Å². The van der Waals surface area contributed by atoms with Crippen molar-refractivity contribution in [2.45, 2.75) is 39.3 Å². The number of carbonyl (C=O) groups is 2. The smallest absolute Gasteiger partial charge is 0.324 e. The number of nitrogens with zero attached hydrogens (tertiary/aromatic N) is 1. The number of imide groups is 1. The van der Waals surface area contributed by atoms with Crippen LogP contribution in [0.4, 0.5) is 4.79 Å². The Kier molecular flexibility index (Phi) is 3.68. The Morgan fingerprint density at radius 3 is 2.47 bits per heavy atom. The summed E-state index contributed by atoms with van der Waals surface area (Å²) in [5, 5.41) is 11.5. The summed E-state index contributed by atoms with van der Waals surface area (Å²) < 4.78 is 0. The topological polar surface area (TPSA) is 69.6 Å². The number of aliphatic hydroxyl groups is 1. The van der Waals surface area contributed by atoms with Crippen molar-refractivity contribution in [3.63, 3.8) is 0 Å². The van der Waals surface area contributed by atoms with Gasteiger partial charge in [-0.15, -0.1) is 0 Å². The van der Waals surface area contributed by atoms with Gasteiger partial charge in [-0.3, -0.25) is 10.1 Å². The van der Waals surface area contributed by atoms with E-state index in [2.05, 4.69) is 5.32 Å². The molecule has 5 nitrogen and oxygen atoms in total. The monoisotopic (exact) mass is 214 g/mol. The SMILES string of the molecule is CC(C)CC1C(=O)NC(=O)N1CC(C)O. The lowest BCUT2D eigenvalue weighted by molar-refractivity contribution is -0.122. The van der Waals surface area contributed by atoms with Gasteiger partial charge in [-0.1, -0.05) is 13.8 Å². The highest BCUT2D eigenvalue weighted by molar-refractivity contribution is 6.04. The highest BCUT2D eigenvalue weighted by atomic mass is 16.3. The molecular weight excluding hydrogens is 196 g/mol.